The number of amides is 2. The number of anilines is 1. The van der Waals surface area contributed by atoms with Crippen molar-refractivity contribution in [1.82, 2.24) is 10.3 Å². The molecule has 1 saturated heterocycles. The number of ether oxygens (including phenoxy) is 1. The smallest absolute Gasteiger partial charge is 0.319 e. The molecule has 2 aromatic rings. The molecule has 1 atom stereocenters. The molecule has 0 unspecified atom stereocenters. The fourth-order valence-electron chi connectivity index (χ4n) is 2.80. The first-order chi connectivity index (χ1) is 11.8. The van der Waals surface area contributed by atoms with Crippen LogP contribution >= 0.6 is 0 Å². The van der Waals surface area contributed by atoms with Crippen LogP contribution in [0.4, 0.5) is 10.5 Å². The molecule has 128 valence electrons. The molecular weight excluding hydrogens is 306 g/mol. The molecule has 2 N–H and O–H groups in total. The van der Waals surface area contributed by atoms with E-state index >= 15 is 0 Å². The number of urea groups is 1. The Labute approximate surface area is 141 Å². The van der Waals surface area contributed by atoms with Crippen molar-refractivity contribution in [3.05, 3.63) is 36.7 Å². The largest absolute Gasteiger partial charge is 0.445 e. The SMILES string of the molecule is O=C(NCCC[C@@H]1CCCCO1)Nc1ccc(-c2ncco2)cc1. The minimum atomic E-state index is -0.191. The van der Waals surface area contributed by atoms with Gasteiger partial charge in [-0.1, -0.05) is 0 Å². The molecule has 1 aliphatic rings. The second-order valence-electron chi connectivity index (χ2n) is 5.93. The standard InChI is InChI=1S/C18H23N3O3/c22-18(20-10-3-5-16-4-1-2-12-23-16)21-15-8-6-14(7-9-15)17-19-11-13-24-17/h6-9,11,13,16H,1-5,10,12H2,(H2,20,21,22)/t16-/m0/s1. The highest BCUT2D eigenvalue weighted by Gasteiger charge is 2.13. The monoisotopic (exact) mass is 329 g/mol. The van der Waals surface area contributed by atoms with Crippen molar-refractivity contribution in [2.45, 2.75) is 38.2 Å². The van der Waals surface area contributed by atoms with Crippen LogP contribution in [0.3, 0.4) is 0 Å². The number of nitrogens with zero attached hydrogens (tertiary/aromatic N) is 1. The summed E-state index contributed by atoms with van der Waals surface area (Å²) in [5.74, 6) is 0.566. The molecule has 2 amide bonds. The van der Waals surface area contributed by atoms with Crippen molar-refractivity contribution < 1.29 is 13.9 Å². The Morgan fingerprint density at radius 2 is 2.12 bits per heavy atom. The van der Waals surface area contributed by atoms with Crippen LogP contribution in [-0.4, -0.2) is 30.3 Å². The lowest BCUT2D eigenvalue weighted by Gasteiger charge is -2.22. The molecule has 1 aliphatic heterocycles. The minimum Gasteiger partial charge on any atom is -0.445 e. The number of hydrogen-bond acceptors (Lipinski definition) is 4. The van der Waals surface area contributed by atoms with E-state index in [4.69, 9.17) is 9.15 Å². The maximum absolute atomic E-state index is 11.9. The van der Waals surface area contributed by atoms with Crippen molar-refractivity contribution in [1.29, 1.82) is 0 Å². The van der Waals surface area contributed by atoms with Gasteiger partial charge in [0.1, 0.15) is 6.26 Å². The van der Waals surface area contributed by atoms with Crippen molar-refractivity contribution in [2.75, 3.05) is 18.5 Å². The van der Waals surface area contributed by atoms with Gasteiger partial charge in [0, 0.05) is 24.4 Å². The molecule has 0 aliphatic carbocycles. The predicted octanol–water partition coefficient (Wildman–Crippen LogP) is 3.81. The summed E-state index contributed by atoms with van der Waals surface area (Å²) in [7, 11) is 0. The normalized spacial score (nSPS) is 17.4. The molecule has 3 rings (SSSR count). The van der Waals surface area contributed by atoms with E-state index in [1.165, 1.54) is 19.1 Å². The van der Waals surface area contributed by atoms with Crippen LogP contribution in [0, 0.1) is 0 Å². The lowest BCUT2D eigenvalue weighted by Crippen LogP contribution is -2.30. The van der Waals surface area contributed by atoms with Gasteiger partial charge in [-0.3, -0.25) is 0 Å². The summed E-state index contributed by atoms with van der Waals surface area (Å²) in [5, 5.41) is 5.70. The minimum absolute atomic E-state index is 0.191. The number of carbonyl (C=O) groups is 1. The zero-order valence-electron chi connectivity index (χ0n) is 13.7. The third-order valence-electron chi connectivity index (χ3n) is 4.08. The molecule has 0 spiro atoms. The van der Waals surface area contributed by atoms with Gasteiger partial charge in [0.05, 0.1) is 12.3 Å². The van der Waals surface area contributed by atoms with E-state index in [9.17, 15) is 4.79 Å². The van der Waals surface area contributed by atoms with Gasteiger partial charge in [0.25, 0.3) is 0 Å². The Bertz CT molecular complexity index is 619. The first kappa shape index (κ1) is 16.5. The van der Waals surface area contributed by atoms with E-state index < -0.39 is 0 Å². The van der Waals surface area contributed by atoms with Gasteiger partial charge in [0.2, 0.25) is 5.89 Å². The van der Waals surface area contributed by atoms with Gasteiger partial charge in [0.15, 0.2) is 0 Å². The van der Waals surface area contributed by atoms with E-state index in [1.807, 2.05) is 24.3 Å². The Hall–Kier alpha value is -2.34. The van der Waals surface area contributed by atoms with Gasteiger partial charge >= 0.3 is 6.03 Å². The number of benzene rings is 1. The number of aromatic nitrogens is 1. The highest BCUT2D eigenvalue weighted by molar-refractivity contribution is 5.89. The second kappa shape index (κ2) is 8.49. The van der Waals surface area contributed by atoms with Crippen LogP contribution in [0.1, 0.15) is 32.1 Å². The first-order valence-electron chi connectivity index (χ1n) is 8.47. The molecule has 0 radical (unpaired) electrons. The van der Waals surface area contributed by atoms with Crippen molar-refractivity contribution in [3.8, 4) is 11.5 Å². The Morgan fingerprint density at radius 3 is 2.83 bits per heavy atom. The molecule has 1 aromatic carbocycles. The lowest BCUT2D eigenvalue weighted by molar-refractivity contribution is 0.0103. The molecular formula is C18H23N3O3. The van der Waals surface area contributed by atoms with Gasteiger partial charge in [-0.05, 0) is 56.4 Å². The van der Waals surface area contributed by atoms with Crippen molar-refractivity contribution in [2.24, 2.45) is 0 Å². The van der Waals surface area contributed by atoms with Crippen molar-refractivity contribution in [3.63, 3.8) is 0 Å². The number of carbonyl (C=O) groups excluding carboxylic acids is 1. The molecule has 6 heteroatoms. The fraction of sp³-hybridized carbons (Fsp3) is 0.444. The summed E-state index contributed by atoms with van der Waals surface area (Å²) in [6.07, 6.45) is 9.01. The topological polar surface area (TPSA) is 76.4 Å². The Kier molecular flexibility index (Phi) is 5.85. The molecule has 1 fully saturated rings. The quantitative estimate of drug-likeness (QED) is 0.790. The average Bonchev–Trinajstić information content (AvgIpc) is 3.15. The summed E-state index contributed by atoms with van der Waals surface area (Å²) in [6, 6.07) is 7.19. The van der Waals surface area contributed by atoms with E-state index in [0.29, 0.717) is 18.5 Å². The molecule has 0 bridgehead atoms. The van der Waals surface area contributed by atoms with Crippen LogP contribution in [0.2, 0.25) is 0 Å². The number of oxazole rings is 1. The Morgan fingerprint density at radius 1 is 1.25 bits per heavy atom. The zero-order chi connectivity index (χ0) is 16.6. The zero-order valence-corrected chi connectivity index (χ0v) is 13.7. The van der Waals surface area contributed by atoms with Crippen LogP contribution in [-0.2, 0) is 4.74 Å². The van der Waals surface area contributed by atoms with Crippen molar-refractivity contribution >= 4 is 11.7 Å². The highest BCUT2D eigenvalue weighted by Crippen LogP contribution is 2.19. The maximum Gasteiger partial charge on any atom is 0.319 e. The van der Waals surface area contributed by atoms with Crippen LogP contribution in [0.15, 0.2) is 41.1 Å². The maximum atomic E-state index is 11.9. The average molecular weight is 329 g/mol. The third-order valence-corrected chi connectivity index (χ3v) is 4.08. The summed E-state index contributed by atoms with van der Waals surface area (Å²) < 4.78 is 10.9. The summed E-state index contributed by atoms with van der Waals surface area (Å²) in [5.41, 5.74) is 1.61. The van der Waals surface area contributed by atoms with Gasteiger partial charge < -0.3 is 19.8 Å². The highest BCUT2D eigenvalue weighted by atomic mass is 16.5. The van der Waals surface area contributed by atoms with E-state index in [1.54, 1.807) is 6.20 Å². The Balaban J connectivity index is 1.37. The number of hydrogen-bond donors (Lipinski definition) is 2. The van der Waals surface area contributed by atoms with Gasteiger partial charge in [-0.25, -0.2) is 9.78 Å². The molecule has 0 saturated carbocycles. The fourth-order valence-corrected chi connectivity index (χ4v) is 2.80. The van der Waals surface area contributed by atoms with E-state index in [0.717, 1.165) is 37.1 Å². The number of nitrogens with one attached hydrogen (secondary N) is 2. The lowest BCUT2D eigenvalue weighted by atomic mass is 10.0. The number of rotatable bonds is 6. The van der Waals surface area contributed by atoms with Gasteiger partial charge in [-0.15, -0.1) is 0 Å². The summed E-state index contributed by atoms with van der Waals surface area (Å²) >= 11 is 0. The van der Waals surface area contributed by atoms with Crippen LogP contribution in [0.25, 0.3) is 11.5 Å². The van der Waals surface area contributed by atoms with E-state index in [-0.39, 0.29) is 6.03 Å². The van der Waals surface area contributed by atoms with Crippen LogP contribution in [0.5, 0.6) is 0 Å². The molecule has 1 aromatic heterocycles. The summed E-state index contributed by atoms with van der Waals surface area (Å²) in [6.45, 7) is 1.53. The summed E-state index contributed by atoms with van der Waals surface area (Å²) in [4.78, 5) is 16.0. The molecule has 2 heterocycles. The van der Waals surface area contributed by atoms with Crippen LogP contribution < -0.4 is 10.6 Å². The predicted molar refractivity (Wildman–Crippen MR) is 91.8 cm³/mol. The molecule has 6 nitrogen and oxygen atoms in total. The van der Waals surface area contributed by atoms with E-state index in [2.05, 4.69) is 15.6 Å². The molecule has 24 heavy (non-hydrogen) atoms. The second-order valence-corrected chi connectivity index (χ2v) is 5.93. The van der Waals surface area contributed by atoms with Gasteiger partial charge in [-0.2, -0.15) is 0 Å². The first-order valence-corrected chi connectivity index (χ1v) is 8.47. The third kappa shape index (κ3) is 4.83.